The van der Waals surface area contributed by atoms with Gasteiger partial charge in [0.2, 0.25) is 0 Å². The zero-order valence-corrected chi connectivity index (χ0v) is 12.9. The van der Waals surface area contributed by atoms with Crippen LogP contribution in [-0.2, 0) is 4.84 Å². The van der Waals surface area contributed by atoms with Crippen LogP contribution in [0.4, 0.5) is 0 Å². The molecular formula is C14H21ClN4O2. The van der Waals surface area contributed by atoms with Gasteiger partial charge in [0, 0.05) is 50.7 Å². The van der Waals surface area contributed by atoms with Crippen molar-refractivity contribution in [2.24, 2.45) is 5.16 Å². The summed E-state index contributed by atoms with van der Waals surface area (Å²) in [4.78, 5) is 13.6. The van der Waals surface area contributed by atoms with Gasteiger partial charge in [-0.05, 0) is 19.2 Å². The summed E-state index contributed by atoms with van der Waals surface area (Å²) in [5, 5.41) is 14.0. The van der Waals surface area contributed by atoms with Crippen LogP contribution in [0.25, 0.3) is 0 Å². The van der Waals surface area contributed by atoms with Crippen molar-refractivity contribution in [2.45, 2.75) is 6.10 Å². The molecule has 6 nitrogen and oxygen atoms in total. The molecule has 1 unspecified atom stereocenters. The zero-order chi connectivity index (χ0) is 15.1. The van der Waals surface area contributed by atoms with Crippen LogP contribution >= 0.6 is 11.6 Å². The highest BCUT2D eigenvalue weighted by molar-refractivity contribution is 6.69. The third-order valence-electron chi connectivity index (χ3n) is 3.38. The first-order chi connectivity index (χ1) is 10.1. The van der Waals surface area contributed by atoms with E-state index in [1.165, 1.54) is 0 Å². The second-order valence-corrected chi connectivity index (χ2v) is 5.54. The first-order valence-electron chi connectivity index (χ1n) is 7.00. The van der Waals surface area contributed by atoms with Crippen molar-refractivity contribution in [1.82, 2.24) is 14.8 Å². The third kappa shape index (κ3) is 5.59. The highest BCUT2D eigenvalue weighted by atomic mass is 35.5. The Morgan fingerprint density at radius 1 is 1.48 bits per heavy atom. The van der Waals surface area contributed by atoms with E-state index in [1.54, 1.807) is 24.5 Å². The zero-order valence-electron chi connectivity index (χ0n) is 12.2. The van der Waals surface area contributed by atoms with Gasteiger partial charge in [-0.2, -0.15) is 0 Å². The number of pyridine rings is 1. The van der Waals surface area contributed by atoms with Crippen LogP contribution < -0.4 is 0 Å². The predicted octanol–water partition coefficient (Wildman–Crippen LogP) is 0.607. The summed E-state index contributed by atoms with van der Waals surface area (Å²) >= 11 is 5.99. The number of piperazine rings is 1. The molecule has 0 aromatic carbocycles. The van der Waals surface area contributed by atoms with E-state index in [0.29, 0.717) is 12.1 Å². The van der Waals surface area contributed by atoms with Gasteiger partial charge in [0.1, 0.15) is 12.7 Å². The Morgan fingerprint density at radius 3 is 2.90 bits per heavy atom. The topological polar surface area (TPSA) is 61.2 Å². The van der Waals surface area contributed by atoms with Crippen LogP contribution in [0.1, 0.15) is 5.56 Å². The van der Waals surface area contributed by atoms with Crippen LogP contribution in [0, 0.1) is 0 Å². The molecule has 2 rings (SSSR count). The fourth-order valence-electron chi connectivity index (χ4n) is 2.10. The van der Waals surface area contributed by atoms with Crippen LogP contribution in [-0.4, -0.2) is 77.5 Å². The Morgan fingerprint density at radius 2 is 2.24 bits per heavy atom. The Bertz CT molecular complexity index is 450. The van der Waals surface area contributed by atoms with E-state index in [2.05, 4.69) is 27.0 Å². The van der Waals surface area contributed by atoms with Crippen LogP contribution in [0.15, 0.2) is 29.7 Å². The first-order valence-corrected chi connectivity index (χ1v) is 7.38. The Hall–Kier alpha value is -1.21. The summed E-state index contributed by atoms with van der Waals surface area (Å²) in [5.74, 6) is 0. The van der Waals surface area contributed by atoms with E-state index < -0.39 is 6.10 Å². The lowest BCUT2D eigenvalue weighted by Gasteiger charge is -2.33. The number of oxime groups is 1. The van der Waals surface area contributed by atoms with Crippen LogP contribution in [0.5, 0.6) is 0 Å². The Kier molecular flexibility index (Phi) is 6.38. The van der Waals surface area contributed by atoms with Crippen molar-refractivity contribution in [3.05, 3.63) is 30.1 Å². The number of hydrogen-bond donors (Lipinski definition) is 1. The second kappa shape index (κ2) is 8.29. The van der Waals surface area contributed by atoms with Crippen molar-refractivity contribution in [2.75, 3.05) is 46.4 Å². The van der Waals surface area contributed by atoms with Gasteiger partial charge in [0.15, 0.2) is 5.17 Å². The number of likely N-dealkylation sites (N-methyl/N-ethyl adjacent to an activating group) is 1. The number of aliphatic hydroxyl groups is 1. The SMILES string of the molecule is CN1CCN(CC(O)CO/N=C(\Cl)c2cccnc2)CC1. The summed E-state index contributed by atoms with van der Waals surface area (Å²) in [6, 6.07) is 3.57. The van der Waals surface area contributed by atoms with Gasteiger partial charge < -0.3 is 14.8 Å². The average Bonchev–Trinajstić information content (AvgIpc) is 2.50. The van der Waals surface area contributed by atoms with Crippen molar-refractivity contribution in [1.29, 1.82) is 0 Å². The molecule has 0 saturated carbocycles. The molecule has 0 radical (unpaired) electrons. The number of β-amino-alcohol motifs (C(OH)–C–C–N with tert-alkyl or cyclic N) is 1. The van der Waals surface area contributed by atoms with Crippen LogP contribution in [0.3, 0.4) is 0 Å². The molecule has 0 bridgehead atoms. The third-order valence-corrected chi connectivity index (χ3v) is 3.66. The highest BCUT2D eigenvalue weighted by Crippen LogP contribution is 2.04. The van der Waals surface area contributed by atoms with E-state index >= 15 is 0 Å². The van der Waals surface area contributed by atoms with Crippen molar-refractivity contribution >= 4 is 16.8 Å². The van der Waals surface area contributed by atoms with Gasteiger partial charge >= 0.3 is 0 Å². The molecule has 1 fully saturated rings. The quantitative estimate of drug-likeness (QED) is 0.616. The summed E-state index contributed by atoms with van der Waals surface area (Å²) in [7, 11) is 2.10. The fraction of sp³-hybridized carbons (Fsp3) is 0.571. The van der Waals surface area contributed by atoms with E-state index in [4.69, 9.17) is 16.4 Å². The monoisotopic (exact) mass is 312 g/mol. The molecule has 1 aliphatic rings. The van der Waals surface area contributed by atoms with E-state index in [9.17, 15) is 5.11 Å². The second-order valence-electron chi connectivity index (χ2n) is 5.18. The molecule has 1 saturated heterocycles. The summed E-state index contributed by atoms with van der Waals surface area (Å²) in [6.45, 7) is 4.70. The fourth-order valence-corrected chi connectivity index (χ4v) is 2.26. The standard InChI is InChI=1S/C14H21ClN4O2/c1-18-5-7-19(8-6-18)10-13(20)11-21-17-14(15)12-3-2-4-16-9-12/h2-4,9,13,20H,5-8,10-11H2,1H3/b17-14-. The Balaban J connectivity index is 1.70. The highest BCUT2D eigenvalue weighted by Gasteiger charge is 2.17. The molecule has 1 N–H and O–H groups in total. The molecule has 7 heteroatoms. The summed E-state index contributed by atoms with van der Waals surface area (Å²) in [6.07, 6.45) is 2.69. The molecule has 21 heavy (non-hydrogen) atoms. The molecule has 1 atom stereocenters. The maximum absolute atomic E-state index is 9.95. The minimum Gasteiger partial charge on any atom is -0.392 e. The van der Waals surface area contributed by atoms with Crippen molar-refractivity contribution in [3.63, 3.8) is 0 Å². The molecule has 1 aromatic rings. The van der Waals surface area contributed by atoms with Crippen molar-refractivity contribution in [3.8, 4) is 0 Å². The van der Waals surface area contributed by atoms with Crippen LogP contribution in [0.2, 0.25) is 0 Å². The van der Waals surface area contributed by atoms with E-state index in [-0.39, 0.29) is 11.8 Å². The minimum atomic E-state index is -0.574. The number of aliphatic hydroxyl groups excluding tert-OH is 1. The molecule has 0 amide bonds. The number of aromatic nitrogens is 1. The molecule has 1 aromatic heterocycles. The summed E-state index contributed by atoms with van der Waals surface area (Å²) < 4.78 is 0. The lowest BCUT2D eigenvalue weighted by molar-refractivity contribution is 0.0111. The number of hydrogen-bond acceptors (Lipinski definition) is 6. The normalized spacial score (nSPS) is 19.5. The molecule has 1 aliphatic heterocycles. The van der Waals surface area contributed by atoms with Gasteiger partial charge in [-0.1, -0.05) is 16.8 Å². The maximum Gasteiger partial charge on any atom is 0.177 e. The molecule has 2 heterocycles. The van der Waals surface area contributed by atoms with E-state index in [0.717, 1.165) is 26.2 Å². The maximum atomic E-state index is 9.95. The minimum absolute atomic E-state index is 0.128. The number of rotatable bonds is 6. The van der Waals surface area contributed by atoms with Crippen molar-refractivity contribution < 1.29 is 9.94 Å². The number of nitrogens with zero attached hydrogens (tertiary/aromatic N) is 4. The summed E-state index contributed by atoms with van der Waals surface area (Å²) in [5.41, 5.74) is 0.688. The van der Waals surface area contributed by atoms with Gasteiger partial charge in [-0.15, -0.1) is 0 Å². The lowest BCUT2D eigenvalue weighted by Crippen LogP contribution is -2.47. The smallest absolute Gasteiger partial charge is 0.177 e. The first kappa shape index (κ1) is 16.2. The largest absolute Gasteiger partial charge is 0.392 e. The van der Waals surface area contributed by atoms with Gasteiger partial charge in [-0.3, -0.25) is 9.88 Å². The van der Waals surface area contributed by atoms with Gasteiger partial charge in [-0.25, -0.2) is 0 Å². The Labute approximate surface area is 130 Å². The average molecular weight is 313 g/mol. The molecule has 0 spiro atoms. The molecule has 116 valence electrons. The van der Waals surface area contributed by atoms with Gasteiger partial charge in [0.05, 0.1) is 0 Å². The van der Waals surface area contributed by atoms with Gasteiger partial charge in [0.25, 0.3) is 0 Å². The number of halogens is 1. The lowest BCUT2D eigenvalue weighted by atomic mass is 10.3. The predicted molar refractivity (Wildman–Crippen MR) is 82.5 cm³/mol. The molecule has 0 aliphatic carbocycles. The van der Waals surface area contributed by atoms with E-state index in [1.807, 2.05) is 0 Å². The molecular weight excluding hydrogens is 292 g/mol.